The number of nitro benzene ring substituents is 1. The zero-order chi connectivity index (χ0) is 24.8. The highest BCUT2D eigenvalue weighted by Gasteiger charge is 2.44. The van der Waals surface area contributed by atoms with Crippen LogP contribution in [-0.4, -0.2) is 35.9 Å². The van der Waals surface area contributed by atoms with Gasteiger partial charge in [0.2, 0.25) is 11.7 Å². The molecule has 0 radical (unpaired) electrons. The number of nitrogens with zero attached hydrogens (tertiary/aromatic N) is 2. The fraction of sp³-hybridized carbons (Fsp3) is 0.360. The molecule has 0 fully saturated rings. The largest absolute Gasteiger partial charge is 0.502 e. The predicted molar refractivity (Wildman–Crippen MR) is 124 cm³/mol. The van der Waals surface area contributed by atoms with Crippen LogP contribution in [0.4, 0.5) is 11.4 Å². The number of anilines is 1. The number of carbonyl (C=O) groups is 2. The summed E-state index contributed by atoms with van der Waals surface area (Å²) in [5.74, 6) is -0.739. The number of methoxy groups -OCH3 is 2. The van der Waals surface area contributed by atoms with Gasteiger partial charge in [-0.25, -0.2) is 0 Å². The van der Waals surface area contributed by atoms with Crippen LogP contribution in [0.15, 0.2) is 47.7 Å². The molecular formula is C25H26N2O7. The van der Waals surface area contributed by atoms with Crippen molar-refractivity contribution in [2.45, 2.75) is 39.0 Å². The number of ketones is 1. The molecule has 0 saturated heterocycles. The van der Waals surface area contributed by atoms with Gasteiger partial charge in [0.15, 0.2) is 17.3 Å². The molecular weight excluding hydrogens is 440 g/mol. The first kappa shape index (κ1) is 23.3. The number of phenolic OH excluding ortho intramolecular Hbond substituents is 1. The number of aromatic hydroxyl groups is 1. The first-order valence-electron chi connectivity index (χ1n) is 10.8. The zero-order valence-corrected chi connectivity index (χ0v) is 19.5. The van der Waals surface area contributed by atoms with Crippen molar-refractivity contribution in [1.29, 1.82) is 0 Å². The van der Waals surface area contributed by atoms with Crippen molar-refractivity contribution in [2.75, 3.05) is 19.1 Å². The molecule has 0 aromatic heterocycles. The number of phenols is 1. The molecule has 4 rings (SSSR count). The molecule has 1 heterocycles. The first-order chi connectivity index (χ1) is 16.1. The van der Waals surface area contributed by atoms with Gasteiger partial charge in [-0.05, 0) is 35.6 Å². The van der Waals surface area contributed by atoms with Crippen LogP contribution in [-0.2, 0) is 9.59 Å². The highest BCUT2D eigenvalue weighted by atomic mass is 16.6. The van der Waals surface area contributed by atoms with Gasteiger partial charge in [0.1, 0.15) is 0 Å². The van der Waals surface area contributed by atoms with E-state index >= 15 is 0 Å². The number of benzene rings is 2. The summed E-state index contributed by atoms with van der Waals surface area (Å²) in [5.41, 5.74) is 1.50. The average molecular weight is 466 g/mol. The third-order valence-corrected chi connectivity index (χ3v) is 6.35. The summed E-state index contributed by atoms with van der Waals surface area (Å²) in [6.45, 7) is 3.92. The standard InChI is InChI=1S/C25H26N2O7/c1-25(2)12-18-23(19(28)13-25)17(14-8-20(33-3)24(30)21(9-14)34-4)11-22(29)26(18)15-6-5-7-16(10-15)27(31)32/h5-10,17,30H,11-13H2,1-4H3. The highest BCUT2D eigenvalue weighted by Crippen LogP contribution is 2.50. The van der Waals surface area contributed by atoms with E-state index in [-0.39, 0.29) is 46.5 Å². The number of rotatable bonds is 5. The summed E-state index contributed by atoms with van der Waals surface area (Å²) in [7, 11) is 2.82. The van der Waals surface area contributed by atoms with Gasteiger partial charge < -0.3 is 14.6 Å². The molecule has 1 amide bonds. The van der Waals surface area contributed by atoms with Crippen LogP contribution in [0.25, 0.3) is 0 Å². The summed E-state index contributed by atoms with van der Waals surface area (Å²) in [4.78, 5) is 39.2. The van der Waals surface area contributed by atoms with Crippen molar-refractivity contribution in [2.24, 2.45) is 5.41 Å². The van der Waals surface area contributed by atoms with Gasteiger partial charge in [0.25, 0.3) is 5.69 Å². The molecule has 2 aromatic rings. The quantitative estimate of drug-likeness (QED) is 0.510. The molecule has 1 aliphatic carbocycles. The summed E-state index contributed by atoms with van der Waals surface area (Å²) in [6, 6.07) is 9.09. The summed E-state index contributed by atoms with van der Waals surface area (Å²) < 4.78 is 10.6. The normalized spacial score (nSPS) is 19.6. The number of nitro groups is 1. The molecule has 178 valence electrons. The van der Waals surface area contributed by atoms with Crippen LogP contribution < -0.4 is 14.4 Å². The Hall–Kier alpha value is -3.88. The molecule has 0 spiro atoms. The van der Waals surface area contributed by atoms with E-state index in [1.807, 2.05) is 13.8 Å². The summed E-state index contributed by atoms with van der Waals surface area (Å²) in [5, 5.41) is 21.7. The maximum absolute atomic E-state index is 13.5. The molecule has 1 atom stereocenters. The van der Waals surface area contributed by atoms with Gasteiger partial charge in [-0.15, -0.1) is 0 Å². The third kappa shape index (κ3) is 3.98. The maximum Gasteiger partial charge on any atom is 0.271 e. The Morgan fingerprint density at radius 1 is 1.09 bits per heavy atom. The van der Waals surface area contributed by atoms with Crippen molar-refractivity contribution in [3.8, 4) is 17.2 Å². The molecule has 2 aliphatic rings. The van der Waals surface area contributed by atoms with E-state index in [2.05, 4.69) is 0 Å². The van der Waals surface area contributed by atoms with Crippen LogP contribution in [0.1, 0.15) is 44.6 Å². The summed E-state index contributed by atoms with van der Waals surface area (Å²) >= 11 is 0. The lowest BCUT2D eigenvalue weighted by atomic mass is 9.69. The Labute approximate surface area is 196 Å². The molecule has 2 aromatic carbocycles. The number of hydrogen-bond acceptors (Lipinski definition) is 7. The SMILES string of the molecule is COc1cc(C2CC(=O)N(c3cccc([N+](=O)[O-])c3)C3=C2C(=O)CC(C)(C)C3)cc(OC)c1O. The number of carbonyl (C=O) groups excluding carboxylic acids is 2. The smallest absolute Gasteiger partial charge is 0.271 e. The van der Waals surface area contributed by atoms with Crippen molar-refractivity contribution < 1.29 is 29.1 Å². The highest BCUT2D eigenvalue weighted by molar-refractivity contribution is 6.08. The topological polar surface area (TPSA) is 119 Å². The van der Waals surface area contributed by atoms with Gasteiger partial charge in [-0.2, -0.15) is 0 Å². The van der Waals surface area contributed by atoms with E-state index < -0.39 is 10.8 Å². The first-order valence-corrected chi connectivity index (χ1v) is 10.8. The van der Waals surface area contributed by atoms with Crippen molar-refractivity contribution in [1.82, 2.24) is 0 Å². The number of hydrogen-bond donors (Lipinski definition) is 1. The van der Waals surface area contributed by atoms with E-state index in [0.717, 1.165) is 0 Å². The van der Waals surface area contributed by atoms with Gasteiger partial charge in [-0.3, -0.25) is 24.6 Å². The Balaban J connectivity index is 1.92. The van der Waals surface area contributed by atoms with E-state index in [1.165, 1.54) is 37.3 Å². The Morgan fingerprint density at radius 3 is 2.32 bits per heavy atom. The van der Waals surface area contributed by atoms with Crippen LogP contribution in [0, 0.1) is 15.5 Å². The van der Waals surface area contributed by atoms with Gasteiger partial charge >= 0.3 is 0 Å². The zero-order valence-electron chi connectivity index (χ0n) is 19.5. The number of ether oxygens (including phenoxy) is 2. The Bertz CT molecular complexity index is 1210. The fourth-order valence-corrected chi connectivity index (χ4v) is 4.86. The predicted octanol–water partition coefficient (Wildman–Crippen LogP) is 4.48. The lowest BCUT2D eigenvalue weighted by molar-refractivity contribution is -0.384. The molecule has 34 heavy (non-hydrogen) atoms. The second-order valence-electron chi connectivity index (χ2n) is 9.34. The van der Waals surface area contributed by atoms with E-state index in [1.54, 1.807) is 18.2 Å². The van der Waals surface area contributed by atoms with Crippen LogP contribution in [0.3, 0.4) is 0 Å². The maximum atomic E-state index is 13.5. The van der Waals surface area contributed by atoms with Crippen LogP contribution in [0.2, 0.25) is 0 Å². The van der Waals surface area contributed by atoms with Gasteiger partial charge in [0.05, 0.1) is 24.8 Å². The van der Waals surface area contributed by atoms with Crippen LogP contribution >= 0.6 is 0 Å². The van der Waals surface area contributed by atoms with E-state index in [9.17, 15) is 24.8 Å². The third-order valence-electron chi connectivity index (χ3n) is 6.35. The fourth-order valence-electron chi connectivity index (χ4n) is 4.86. The molecule has 1 unspecified atom stereocenters. The molecule has 0 bridgehead atoms. The second-order valence-corrected chi connectivity index (χ2v) is 9.34. The molecule has 9 heteroatoms. The van der Waals surface area contributed by atoms with Crippen molar-refractivity contribution in [3.63, 3.8) is 0 Å². The van der Waals surface area contributed by atoms with Crippen molar-refractivity contribution in [3.05, 3.63) is 63.3 Å². The minimum Gasteiger partial charge on any atom is -0.502 e. The second kappa shape index (κ2) is 8.48. The number of allylic oxidation sites excluding steroid dienone is 2. The number of Topliss-reactive ketones (excluding diaryl/α,β-unsaturated/α-hetero) is 1. The van der Waals surface area contributed by atoms with E-state index in [4.69, 9.17) is 9.47 Å². The van der Waals surface area contributed by atoms with Crippen molar-refractivity contribution >= 4 is 23.1 Å². The average Bonchev–Trinajstić information content (AvgIpc) is 2.77. The van der Waals surface area contributed by atoms with Crippen LogP contribution in [0.5, 0.6) is 17.2 Å². The minimum atomic E-state index is -0.565. The lowest BCUT2D eigenvalue weighted by Crippen LogP contribution is -2.43. The monoisotopic (exact) mass is 466 g/mol. The molecule has 0 saturated carbocycles. The van der Waals surface area contributed by atoms with Gasteiger partial charge in [-0.1, -0.05) is 19.9 Å². The molecule has 1 N–H and O–H groups in total. The Kier molecular flexibility index (Phi) is 5.80. The summed E-state index contributed by atoms with van der Waals surface area (Å²) in [6.07, 6.45) is 0.738. The number of amides is 1. The van der Waals surface area contributed by atoms with E-state index in [0.29, 0.717) is 35.4 Å². The van der Waals surface area contributed by atoms with Gasteiger partial charge in [0, 0.05) is 42.2 Å². The lowest BCUT2D eigenvalue weighted by Gasteiger charge is -2.43. The molecule has 1 aliphatic heterocycles. The number of non-ortho nitro benzene ring substituents is 1. The minimum absolute atomic E-state index is 0.0230. The Morgan fingerprint density at radius 2 is 1.74 bits per heavy atom. The molecule has 9 nitrogen and oxygen atoms in total.